The van der Waals surface area contributed by atoms with Crippen LogP contribution in [0.15, 0.2) is 16.9 Å². The molecule has 3 rings (SSSR count). The predicted octanol–water partition coefficient (Wildman–Crippen LogP) is 1.02. The van der Waals surface area contributed by atoms with Crippen LogP contribution in [0.3, 0.4) is 0 Å². The van der Waals surface area contributed by atoms with Crippen molar-refractivity contribution >= 4 is 11.5 Å². The van der Waals surface area contributed by atoms with Crippen LogP contribution in [-0.4, -0.2) is 26.4 Å². The summed E-state index contributed by atoms with van der Waals surface area (Å²) in [6.45, 7) is 0.912. The lowest BCUT2D eigenvalue weighted by atomic mass is 9.83. The fraction of sp³-hybridized carbons (Fsp3) is 0.545. The van der Waals surface area contributed by atoms with Gasteiger partial charge in [0.05, 0.1) is 0 Å². The summed E-state index contributed by atoms with van der Waals surface area (Å²) in [5, 5.41) is 13.6. The van der Waals surface area contributed by atoms with Crippen LogP contribution in [0.25, 0.3) is 5.65 Å². The maximum Gasteiger partial charge on any atom is 0.364 e. The van der Waals surface area contributed by atoms with Gasteiger partial charge >= 0.3 is 5.69 Å². The first-order chi connectivity index (χ1) is 8.33. The van der Waals surface area contributed by atoms with E-state index in [0.717, 1.165) is 18.3 Å². The Morgan fingerprint density at radius 2 is 2.35 bits per heavy atom. The molecule has 2 heterocycles. The third-order valence-electron chi connectivity index (χ3n) is 3.36. The first-order valence-corrected chi connectivity index (χ1v) is 6.01. The minimum absolute atomic E-state index is 0.303. The molecule has 2 aromatic heterocycles. The van der Waals surface area contributed by atoms with Crippen LogP contribution in [-0.2, 0) is 0 Å². The number of hydrogen-bond acceptors (Lipinski definition) is 4. The zero-order valence-electron chi connectivity index (χ0n) is 9.52. The topological polar surface area (TPSA) is 75.1 Å². The molecule has 2 N–H and O–H groups in total. The van der Waals surface area contributed by atoms with E-state index in [4.69, 9.17) is 0 Å². The molecular weight excluding hydrogens is 218 g/mol. The number of hydrogen-bond donors (Lipinski definition) is 2. The Bertz CT molecular complexity index is 568. The Labute approximate surface area is 98.0 Å². The van der Waals surface area contributed by atoms with Crippen LogP contribution in [0, 0.1) is 5.92 Å². The maximum atomic E-state index is 11.3. The van der Waals surface area contributed by atoms with Crippen LogP contribution in [0.2, 0.25) is 0 Å². The number of anilines is 1. The fourth-order valence-electron chi connectivity index (χ4n) is 2.08. The van der Waals surface area contributed by atoms with Gasteiger partial charge in [0.2, 0.25) is 0 Å². The predicted molar refractivity (Wildman–Crippen MR) is 64.1 cm³/mol. The van der Waals surface area contributed by atoms with Crippen molar-refractivity contribution in [3.8, 4) is 0 Å². The molecule has 0 aromatic carbocycles. The second kappa shape index (κ2) is 4.20. The van der Waals surface area contributed by atoms with E-state index in [9.17, 15) is 4.79 Å². The summed E-state index contributed by atoms with van der Waals surface area (Å²) in [5.41, 5.74) is 0.238. The lowest BCUT2D eigenvalue weighted by Crippen LogP contribution is -2.17. The summed E-state index contributed by atoms with van der Waals surface area (Å²) < 4.78 is 1.27. The summed E-state index contributed by atoms with van der Waals surface area (Å²) in [4.78, 5) is 11.3. The van der Waals surface area contributed by atoms with Gasteiger partial charge in [-0.3, -0.25) is 0 Å². The Morgan fingerprint density at radius 1 is 1.47 bits per heavy atom. The SMILES string of the molecule is O=c1[nH]nc2ccc(NCCC3CCC3)nn12. The quantitative estimate of drug-likeness (QED) is 0.826. The zero-order valence-corrected chi connectivity index (χ0v) is 9.52. The average Bonchev–Trinajstić information content (AvgIpc) is 2.64. The highest BCUT2D eigenvalue weighted by molar-refractivity contribution is 5.42. The molecule has 0 radical (unpaired) electrons. The van der Waals surface area contributed by atoms with Gasteiger partial charge in [-0.25, -0.2) is 9.89 Å². The molecule has 1 fully saturated rings. The molecule has 0 atom stereocenters. The summed E-state index contributed by atoms with van der Waals surface area (Å²) in [6, 6.07) is 3.62. The summed E-state index contributed by atoms with van der Waals surface area (Å²) in [7, 11) is 0. The molecule has 6 nitrogen and oxygen atoms in total. The van der Waals surface area contributed by atoms with E-state index < -0.39 is 0 Å². The third-order valence-corrected chi connectivity index (χ3v) is 3.36. The number of rotatable bonds is 4. The first-order valence-electron chi connectivity index (χ1n) is 6.01. The molecule has 0 aliphatic heterocycles. The van der Waals surface area contributed by atoms with E-state index in [1.54, 1.807) is 6.07 Å². The smallest absolute Gasteiger partial charge is 0.364 e. The second-order valence-electron chi connectivity index (χ2n) is 4.53. The highest BCUT2D eigenvalue weighted by Crippen LogP contribution is 2.28. The Morgan fingerprint density at radius 3 is 3.12 bits per heavy atom. The lowest BCUT2D eigenvalue weighted by Gasteiger charge is -2.25. The van der Waals surface area contributed by atoms with Crippen molar-refractivity contribution in [1.82, 2.24) is 19.8 Å². The molecule has 0 unspecified atom stereocenters. The lowest BCUT2D eigenvalue weighted by molar-refractivity contribution is 0.303. The molecule has 1 aliphatic rings. The number of aromatic amines is 1. The maximum absolute atomic E-state index is 11.3. The molecular formula is C11H15N5O. The normalized spacial score (nSPS) is 16.0. The second-order valence-corrected chi connectivity index (χ2v) is 4.53. The number of aromatic nitrogens is 4. The molecule has 90 valence electrons. The van der Waals surface area contributed by atoms with Crippen molar-refractivity contribution in [2.24, 2.45) is 5.92 Å². The highest BCUT2D eigenvalue weighted by atomic mass is 16.2. The molecule has 0 bridgehead atoms. The fourth-order valence-corrected chi connectivity index (χ4v) is 2.08. The number of fused-ring (bicyclic) bond motifs is 1. The van der Waals surface area contributed by atoms with Gasteiger partial charge in [-0.05, 0) is 24.5 Å². The van der Waals surface area contributed by atoms with Crippen molar-refractivity contribution in [3.63, 3.8) is 0 Å². The molecule has 0 spiro atoms. The van der Waals surface area contributed by atoms with E-state index in [-0.39, 0.29) is 5.69 Å². The van der Waals surface area contributed by atoms with Gasteiger partial charge in [0.25, 0.3) is 0 Å². The first kappa shape index (κ1) is 10.3. The van der Waals surface area contributed by atoms with Crippen molar-refractivity contribution in [1.29, 1.82) is 0 Å². The molecule has 0 saturated heterocycles. The standard InChI is InChI=1S/C11H15N5O/c17-11-14-13-10-5-4-9(15-16(10)11)12-7-6-8-2-1-3-8/h4-5,8H,1-3,6-7H2,(H,12,15)(H,14,17). The average molecular weight is 233 g/mol. The summed E-state index contributed by atoms with van der Waals surface area (Å²) in [5.74, 6) is 1.60. The van der Waals surface area contributed by atoms with E-state index >= 15 is 0 Å². The molecule has 17 heavy (non-hydrogen) atoms. The number of nitrogens with zero attached hydrogens (tertiary/aromatic N) is 3. The molecule has 0 amide bonds. The molecule has 1 saturated carbocycles. The summed E-state index contributed by atoms with van der Waals surface area (Å²) >= 11 is 0. The monoisotopic (exact) mass is 233 g/mol. The number of nitrogens with one attached hydrogen (secondary N) is 2. The van der Waals surface area contributed by atoms with Gasteiger partial charge in [0.1, 0.15) is 5.82 Å². The van der Waals surface area contributed by atoms with Crippen LogP contribution in [0.5, 0.6) is 0 Å². The number of H-pyrrole nitrogens is 1. The molecule has 2 aromatic rings. The van der Waals surface area contributed by atoms with Crippen LogP contribution in [0.4, 0.5) is 5.82 Å². The van der Waals surface area contributed by atoms with Crippen LogP contribution >= 0.6 is 0 Å². The zero-order chi connectivity index (χ0) is 11.7. The highest BCUT2D eigenvalue weighted by Gasteiger charge is 2.16. The van der Waals surface area contributed by atoms with Crippen molar-refractivity contribution in [2.45, 2.75) is 25.7 Å². The Kier molecular flexibility index (Phi) is 2.55. The Balaban J connectivity index is 1.67. The minimum Gasteiger partial charge on any atom is -0.369 e. The van der Waals surface area contributed by atoms with Gasteiger partial charge in [0.15, 0.2) is 5.65 Å². The van der Waals surface area contributed by atoms with E-state index in [1.165, 1.54) is 30.2 Å². The molecule has 1 aliphatic carbocycles. The third kappa shape index (κ3) is 2.02. The van der Waals surface area contributed by atoms with Gasteiger partial charge in [0, 0.05) is 6.54 Å². The van der Waals surface area contributed by atoms with Gasteiger partial charge in [-0.2, -0.15) is 9.61 Å². The van der Waals surface area contributed by atoms with Crippen LogP contribution < -0.4 is 11.0 Å². The largest absolute Gasteiger partial charge is 0.369 e. The minimum atomic E-state index is -0.303. The van der Waals surface area contributed by atoms with E-state index in [1.807, 2.05) is 6.07 Å². The van der Waals surface area contributed by atoms with Gasteiger partial charge in [-0.1, -0.05) is 19.3 Å². The Hall–Kier alpha value is -1.85. The van der Waals surface area contributed by atoms with Crippen molar-refractivity contribution in [2.75, 3.05) is 11.9 Å². The van der Waals surface area contributed by atoms with E-state index in [0.29, 0.717) is 5.65 Å². The van der Waals surface area contributed by atoms with Gasteiger partial charge < -0.3 is 5.32 Å². The van der Waals surface area contributed by atoms with Gasteiger partial charge in [-0.15, -0.1) is 5.10 Å². The summed E-state index contributed by atoms with van der Waals surface area (Å²) in [6.07, 6.45) is 5.27. The van der Waals surface area contributed by atoms with Crippen molar-refractivity contribution < 1.29 is 0 Å². The van der Waals surface area contributed by atoms with Crippen molar-refractivity contribution in [3.05, 3.63) is 22.6 Å². The molecule has 6 heteroatoms. The van der Waals surface area contributed by atoms with Crippen LogP contribution in [0.1, 0.15) is 25.7 Å². The van der Waals surface area contributed by atoms with E-state index in [2.05, 4.69) is 20.6 Å².